The zero-order chi connectivity index (χ0) is 17.6. The molecule has 0 bridgehead atoms. The number of rotatable bonds is 5. The summed E-state index contributed by atoms with van der Waals surface area (Å²) < 4.78 is 0. The van der Waals surface area contributed by atoms with Crippen LogP contribution in [-0.2, 0) is 6.54 Å². The van der Waals surface area contributed by atoms with Crippen LogP contribution in [0.5, 0.6) is 0 Å². The second kappa shape index (κ2) is 7.79. The highest BCUT2D eigenvalue weighted by Crippen LogP contribution is 2.22. The van der Waals surface area contributed by atoms with Gasteiger partial charge in [0.2, 0.25) is 0 Å². The van der Waals surface area contributed by atoms with Crippen molar-refractivity contribution >= 4 is 17.3 Å². The summed E-state index contributed by atoms with van der Waals surface area (Å²) in [4.78, 5) is 4.29. The molecule has 130 valence electrons. The molecule has 2 aromatic carbocycles. The monoisotopic (exact) mass is 336 g/mol. The lowest BCUT2D eigenvalue weighted by Crippen LogP contribution is -2.23. The van der Waals surface area contributed by atoms with Crippen molar-refractivity contribution in [1.82, 2.24) is 9.91 Å². The molecule has 1 aliphatic heterocycles. The van der Waals surface area contributed by atoms with Crippen molar-refractivity contribution in [1.29, 1.82) is 0 Å². The van der Waals surface area contributed by atoms with Gasteiger partial charge in [0, 0.05) is 32.9 Å². The van der Waals surface area contributed by atoms with Gasteiger partial charge in [-0.05, 0) is 36.8 Å². The number of hydrogen-bond acceptors (Lipinski definition) is 6. The Balaban J connectivity index is 1.67. The van der Waals surface area contributed by atoms with Gasteiger partial charge in [0.05, 0.1) is 5.69 Å². The van der Waals surface area contributed by atoms with Gasteiger partial charge in [-0.15, -0.1) is 15.3 Å². The van der Waals surface area contributed by atoms with Crippen LogP contribution in [-0.4, -0.2) is 43.2 Å². The zero-order valence-electron chi connectivity index (χ0n) is 15.0. The maximum atomic E-state index is 4.30. The molecule has 0 N–H and O–H groups in total. The molecule has 0 fully saturated rings. The van der Waals surface area contributed by atoms with Crippen LogP contribution in [0.2, 0.25) is 0 Å². The second-order valence-corrected chi connectivity index (χ2v) is 6.11. The van der Waals surface area contributed by atoms with Gasteiger partial charge in [-0.3, -0.25) is 5.01 Å². The molecule has 2 aromatic rings. The summed E-state index contributed by atoms with van der Waals surface area (Å²) in [6.45, 7) is 4.75. The summed E-state index contributed by atoms with van der Waals surface area (Å²) in [7, 11) is 3.87. The van der Waals surface area contributed by atoms with Crippen molar-refractivity contribution in [3.05, 3.63) is 60.2 Å². The van der Waals surface area contributed by atoms with Gasteiger partial charge in [-0.1, -0.05) is 30.3 Å². The summed E-state index contributed by atoms with van der Waals surface area (Å²) in [5.74, 6) is 0.630. The van der Waals surface area contributed by atoms with Crippen molar-refractivity contribution in [3.63, 3.8) is 0 Å². The molecule has 0 atom stereocenters. The van der Waals surface area contributed by atoms with E-state index >= 15 is 0 Å². The quantitative estimate of drug-likeness (QED) is 0.778. The number of guanidine groups is 1. The fourth-order valence-electron chi connectivity index (χ4n) is 2.75. The van der Waals surface area contributed by atoms with E-state index in [2.05, 4.69) is 63.6 Å². The molecule has 6 heteroatoms. The molecule has 0 spiro atoms. The van der Waals surface area contributed by atoms with Crippen LogP contribution in [0.1, 0.15) is 12.5 Å². The fourth-order valence-corrected chi connectivity index (χ4v) is 2.75. The van der Waals surface area contributed by atoms with Gasteiger partial charge in [0.15, 0.2) is 0 Å². The predicted octanol–water partition coefficient (Wildman–Crippen LogP) is 3.90. The highest BCUT2D eigenvalue weighted by molar-refractivity contribution is 5.81. The lowest BCUT2D eigenvalue weighted by molar-refractivity contribution is 0.302. The second-order valence-electron chi connectivity index (χ2n) is 6.11. The topological polar surface area (TPSA) is 46.8 Å². The Morgan fingerprint density at radius 2 is 1.72 bits per heavy atom. The normalized spacial score (nSPS) is 14.3. The first kappa shape index (κ1) is 17.0. The van der Waals surface area contributed by atoms with E-state index in [1.165, 1.54) is 11.3 Å². The number of benzene rings is 2. The molecule has 0 amide bonds. The summed E-state index contributed by atoms with van der Waals surface area (Å²) in [6.07, 6.45) is 0. The molecule has 0 saturated carbocycles. The highest BCUT2D eigenvalue weighted by atomic mass is 15.6. The van der Waals surface area contributed by atoms with Gasteiger partial charge in [0.25, 0.3) is 5.96 Å². The van der Waals surface area contributed by atoms with Crippen molar-refractivity contribution in [3.8, 4) is 0 Å². The maximum absolute atomic E-state index is 4.30. The lowest BCUT2D eigenvalue weighted by atomic mass is 10.2. The van der Waals surface area contributed by atoms with Crippen LogP contribution in [0.25, 0.3) is 0 Å². The summed E-state index contributed by atoms with van der Waals surface area (Å²) in [5, 5.41) is 14.7. The highest BCUT2D eigenvalue weighted by Gasteiger charge is 2.15. The third kappa shape index (κ3) is 4.35. The van der Waals surface area contributed by atoms with E-state index in [4.69, 9.17) is 0 Å². The molecule has 1 heterocycles. The maximum Gasteiger partial charge on any atom is 0.263 e. The van der Waals surface area contributed by atoms with Crippen molar-refractivity contribution in [2.75, 3.05) is 32.2 Å². The zero-order valence-corrected chi connectivity index (χ0v) is 15.0. The largest absolute Gasteiger partial charge is 0.367 e. The third-order valence-electron chi connectivity index (χ3n) is 4.09. The minimum Gasteiger partial charge on any atom is -0.367 e. The van der Waals surface area contributed by atoms with Crippen LogP contribution in [0, 0.1) is 0 Å². The Morgan fingerprint density at radius 3 is 2.32 bits per heavy atom. The van der Waals surface area contributed by atoms with Crippen molar-refractivity contribution < 1.29 is 0 Å². The van der Waals surface area contributed by atoms with E-state index in [1.807, 2.05) is 42.2 Å². The van der Waals surface area contributed by atoms with Gasteiger partial charge in [0.1, 0.15) is 6.67 Å². The Labute approximate surface area is 149 Å². The molecular formula is C19H24N6. The van der Waals surface area contributed by atoms with Gasteiger partial charge in [-0.2, -0.15) is 0 Å². The first-order valence-corrected chi connectivity index (χ1v) is 8.47. The third-order valence-corrected chi connectivity index (χ3v) is 4.09. The Kier molecular flexibility index (Phi) is 5.28. The van der Waals surface area contributed by atoms with Crippen molar-refractivity contribution in [2.24, 2.45) is 15.3 Å². The van der Waals surface area contributed by atoms with Crippen LogP contribution >= 0.6 is 0 Å². The Bertz CT molecular complexity index is 738. The lowest BCUT2D eigenvalue weighted by Gasteiger charge is -2.23. The molecule has 0 aromatic heterocycles. The molecule has 0 unspecified atom stereocenters. The van der Waals surface area contributed by atoms with Crippen molar-refractivity contribution in [2.45, 2.75) is 13.5 Å². The molecular weight excluding hydrogens is 312 g/mol. The first-order valence-electron chi connectivity index (χ1n) is 8.47. The van der Waals surface area contributed by atoms with Crippen LogP contribution in [0.3, 0.4) is 0 Å². The van der Waals surface area contributed by atoms with Crippen LogP contribution in [0.15, 0.2) is 69.9 Å². The standard InChI is InChI=1S/C19H24N6/c1-4-25(14-16-8-6-5-7-9-16)18-12-10-17(11-13-18)20-21-19-22-24(3)15-23(19)2/h5-13H,4,14-15H2,1-3H3. The van der Waals surface area contributed by atoms with E-state index in [0.29, 0.717) is 5.96 Å². The van der Waals surface area contributed by atoms with E-state index < -0.39 is 0 Å². The van der Waals surface area contributed by atoms with Gasteiger partial charge < -0.3 is 9.80 Å². The number of azo groups is 1. The SMILES string of the molecule is CCN(Cc1ccccc1)c1ccc(N=NC2=NN(C)CN2C)cc1. The number of anilines is 1. The minimum absolute atomic E-state index is 0.630. The molecule has 0 radical (unpaired) electrons. The van der Waals surface area contributed by atoms with Crippen LogP contribution in [0.4, 0.5) is 11.4 Å². The van der Waals surface area contributed by atoms with Crippen LogP contribution < -0.4 is 4.90 Å². The van der Waals surface area contributed by atoms with E-state index in [1.54, 1.807) is 0 Å². The van der Waals surface area contributed by atoms with E-state index in [-0.39, 0.29) is 0 Å². The predicted molar refractivity (Wildman–Crippen MR) is 102 cm³/mol. The average Bonchev–Trinajstić information content (AvgIpc) is 2.96. The smallest absolute Gasteiger partial charge is 0.263 e. The molecule has 0 saturated heterocycles. The first-order chi connectivity index (χ1) is 12.2. The molecule has 3 rings (SSSR count). The van der Waals surface area contributed by atoms with E-state index in [0.717, 1.165) is 25.4 Å². The molecule has 25 heavy (non-hydrogen) atoms. The average molecular weight is 336 g/mol. The molecule has 1 aliphatic rings. The van der Waals surface area contributed by atoms with Gasteiger partial charge in [-0.25, -0.2) is 0 Å². The number of nitrogens with zero attached hydrogens (tertiary/aromatic N) is 6. The summed E-state index contributed by atoms with van der Waals surface area (Å²) in [5.41, 5.74) is 3.31. The molecule has 6 nitrogen and oxygen atoms in total. The summed E-state index contributed by atoms with van der Waals surface area (Å²) in [6, 6.07) is 18.7. The number of hydrogen-bond donors (Lipinski definition) is 0. The minimum atomic E-state index is 0.630. The van der Waals surface area contributed by atoms with E-state index in [9.17, 15) is 0 Å². The number of hydrazone groups is 1. The Hall–Kier alpha value is -2.89. The Morgan fingerprint density at radius 1 is 1.00 bits per heavy atom. The molecule has 0 aliphatic carbocycles. The van der Waals surface area contributed by atoms with Gasteiger partial charge >= 0.3 is 0 Å². The fraction of sp³-hybridized carbons (Fsp3) is 0.316. The summed E-state index contributed by atoms with van der Waals surface area (Å²) >= 11 is 0.